The maximum atomic E-state index is 5.49. The molecule has 19 heavy (non-hydrogen) atoms. The molecule has 0 fully saturated rings. The van der Waals surface area contributed by atoms with Gasteiger partial charge in [0.1, 0.15) is 17.2 Å². The third-order valence-electron chi connectivity index (χ3n) is 3.20. The van der Waals surface area contributed by atoms with Crippen molar-refractivity contribution in [1.82, 2.24) is 0 Å². The van der Waals surface area contributed by atoms with E-state index in [0.717, 1.165) is 48.6 Å². The summed E-state index contributed by atoms with van der Waals surface area (Å²) in [5.41, 5.74) is 6.60. The van der Waals surface area contributed by atoms with Crippen molar-refractivity contribution >= 4 is 0 Å². The zero-order chi connectivity index (χ0) is 14.1. The summed E-state index contributed by atoms with van der Waals surface area (Å²) in [7, 11) is 4.99. The molecule has 1 aromatic rings. The lowest BCUT2D eigenvalue weighted by Crippen LogP contribution is -2.00. The number of unbranched alkanes of at least 4 members (excludes halogenated alkanes) is 3. The van der Waals surface area contributed by atoms with E-state index in [1.807, 2.05) is 12.1 Å². The van der Waals surface area contributed by atoms with Gasteiger partial charge in [-0.3, -0.25) is 0 Å². The summed E-state index contributed by atoms with van der Waals surface area (Å²) in [4.78, 5) is 0. The predicted molar refractivity (Wildman–Crippen MR) is 77.3 cm³/mol. The number of nitrogens with two attached hydrogens (primary N) is 1. The number of hydrogen-bond acceptors (Lipinski definition) is 4. The van der Waals surface area contributed by atoms with Crippen LogP contribution in [0, 0.1) is 0 Å². The van der Waals surface area contributed by atoms with Crippen molar-refractivity contribution in [3.8, 4) is 17.2 Å². The molecule has 0 spiro atoms. The van der Waals surface area contributed by atoms with Gasteiger partial charge >= 0.3 is 0 Å². The molecule has 0 unspecified atom stereocenters. The van der Waals surface area contributed by atoms with Gasteiger partial charge in [0, 0.05) is 17.7 Å². The fourth-order valence-corrected chi connectivity index (χ4v) is 2.12. The molecule has 0 heterocycles. The highest BCUT2D eigenvalue weighted by Gasteiger charge is 2.12. The zero-order valence-corrected chi connectivity index (χ0v) is 12.2. The van der Waals surface area contributed by atoms with Gasteiger partial charge in [-0.1, -0.05) is 12.8 Å². The van der Waals surface area contributed by atoms with Crippen LogP contribution in [0.5, 0.6) is 17.2 Å². The van der Waals surface area contributed by atoms with Crippen LogP contribution in [0.3, 0.4) is 0 Å². The van der Waals surface area contributed by atoms with E-state index in [4.69, 9.17) is 19.9 Å². The Morgan fingerprint density at radius 2 is 1.42 bits per heavy atom. The lowest BCUT2D eigenvalue weighted by Gasteiger charge is -2.15. The van der Waals surface area contributed by atoms with Gasteiger partial charge in [0.15, 0.2) is 0 Å². The number of methoxy groups -OCH3 is 3. The van der Waals surface area contributed by atoms with Gasteiger partial charge in [0.25, 0.3) is 0 Å². The Morgan fingerprint density at radius 1 is 0.842 bits per heavy atom. The topological polar surface area (TPSA) is 53.7 Å². The van der Waals surface area contributed by atoms with Gasteiger partial charge in [0.2, 0.25) is 0 Å². The van der Waals surface area contributed by atoms with Crippen LogP contribution in [-0.2, 0) is 6.42 Å². The summed E-state index contributed by atoms with van der Waals surface area (Å²) in [5.74, 6) is 2.41. The van der Waals surface area contributed by atoms with Crippen LogP contribution in [0.15, 0.2) is 12.1 Å². The molecule has 0 aliphatic carbocycles. The molecule has 0 aliphatic heterocycles. The Kier molecular flexibility index (Phi) is 7.11. The Morgan fingerprint density at radius 3 is 1.89 bits per heavy atom. The summed E-state index contributed by atoms with van der Waals surface area (Å²) >= 11 is 0. The summed E-state index contributed by atoms with van der Waals surface area (Å²) in [6, 6.07) is 3.80. The molecule has 4 heteroatoms. The van der Waals surface area contributed by atoms with E-state index in [1.165, 1.54) is 12.8 Å². The van der Waals surface area contributed by atoms with Gasteiger partial charge in [0.05, 0.1) is 21.3 Å². The van der Waals surface area contributed by atoms with E-state index in [2.05, 4.69) is 0 Å². The predicted octanol–water partition coefficient (Wildman–Crippen LogP) is 2.77. The Balaban J connectivity index is 2.73. The second kappa shape index (κ2) is 8.64. The summed E-state index contributed by atoms with van der Waals surface area (Å²) in [6.45, 7) is 0.773. The summed E-state index contributed by atoms with van der Waals surface area (Å²) < 4.78 is 16.1. The molecule has 0 amide bonds. The number of ether oxygens (including phenoxy) is 3. The van der Waals surface area contributed by atoms with Crippen LogP contribution < -0.4 is 19.9 Å². The van der Waals surface area contributed by atoms with Crippen molar-refractivity contribution in [2.45, 2.75) is 32.1 Å². The quantitative estimate of drug-likeness (QED) is 0.699. The number of benzene rings is 1. The van der Waals surface area contributed by atoms with Gasteiger partial charge in [-0.05, 0) is 25.8 Å². The maximum absolute atomic E-state index is 5.49. The van der Waals surface area contributed by atoms with E-state index in [1.54, 1.807) is 21.3 Å². The molecule has 1 rings (SSSR count). The van der Waals surface area contributed by atoms with Gasteiger partial charge in [-0.25, -0.2) is 0 Å². The van der Waals surface area contributed by atoms with Crippen molar-refractivity contribution in [1.29, 1.82) is 0 Å². The van der Waals surface area contributed by atoms with E-state index in [0.29, 0.717) is 0 Å². The third-order valence-corrected chi connectivity index (χ3v) is 3.20. The number of hydrogen-bond donors (Lipinski definition) is 1. The molecule has 0 saturated carbocycles. The Labute approximate surface area is 115 Å². The second-order valence-electron chi connectivity index (χ2n) is 4.46. The van der Waals surface area contributed by atoms with Crippen molar-refractivity contribution in [3.63, 3.8) is 0 Å². The second-order valence-corrected chi connectivity index (χ2v) is 4.46. The molecule has 0 radical (unpaired) electrons. The fraction of sp³-hybridized carbons (Fsp3) is 0.600. The fourth-order valence-electron chi connectivity index (χ4n) is 2.12. The van der Waals surface area contributed by atoms with Crippen molar-refractivity contribution in [2.24, 2.45) is 5.73 Å². The monoisotopic (exact) mass is 267 g/mol. The molecule has 4 nitrogen and oxygen atoms in total. The Hall–Kier alpha value is -1.42. The van der Waals surface area contributed by atoms with Crippen molar-refractivity contribution in [2.75, 3.05) is 27.9 Å². The number of rotatable bonds is 9. The largest absolute Gasteiger partial charge is 0.496 e. The molecule has 1 aromatic carbocycles. The van der Waals surface area contributed by atoms with Crippen LogP contribution in [0.2, 0.25) is 0 Å². The van der Waals surface area contributed by atoms with Gasteiger partial charge < -0.3 is 19.9 Å². The smallest absolute Gasteiger partial charge is 0.129 e. The highest BCUT2D eigenvalue weighted by atomic mass is 16.5. The highest BCUT2D eigenvalue weighted by Crippen LogP contribution is 2.35. The normalized spacial score (nSPS) is 10.3. The van der Waals surface area contributed by atoms with E-state index in [9.17, 15) is 0 Å². The van der Waals surface area contributed by atoms with Crippen molar-refractivity contribution < 1.29 is 14.2 Å². The maximum Gasteiger partial charge on any atom is 0.129 e. The minimum Gasteiger partial charge on any atom is -0.496 e. The van der Waals surface area contributed by atoms with Crippen LogP contribution >= 0.6 is 0 Å². The zero-order valence-electron chi connectivity index (χ0n) is 12.2. The molecule has 2 N–H and O–H groups in total. The molecule has 0 aliphatic rings. The molecular formula is C15H25NO3. The first kappa shape index (κ1) is 15.6. The molecule has 108 valence electrons. The van der Waals surface area contributed by atoms with Crippen LogP contribution in [0.25, 0.3) is 0 Å². The van der Waals surface area contributed by atoms with Gasteiger partial charge in [-0.15, -0.1) is 0 Å². The average Bonchev–Trinajstić information content (AvgIpc) is 2.46. The van der Waals surface area contributed by atoms with Crippen LogP contribution in [0.1, 0.15) is 31.2 Å². The Bertz CT molecular complexity index is 355. The van der Waals surface area contributed by atoms with E-state index >= 15 is 0 Å². The average molecular weight is 267 g/mol. The summed E-state index contributed by atoms with van der Waals surface area (Å²) in [5, 5.41) is 0. The first-order chi connectivity index (χ1) is 9.26. The van der Waals surface area contributed by atoms with Crippen LogP contribution in [-0.4, -0.2) is 27.9 Å². The standard InChI is InChI=1S/C15H25NO3/c1-17-12-10-14(18-2)13(15(11-12)19-3)8-6-4-5-7-9-16/h10-11H,4-9,16H2,1-3H3. The molecule has 0 aromatic heterocycles. The highest BCUT2D eigenvalue weighted by molar-refractivity contribution is 5.50. The lowest BCUT2D eigenvalue weighted by molar-refractivity contribution is 0.367. The molecule has 0 saturated heterocycles. The van der Waals surface area contributed by atoms with Gasteiger partial charge in [-0.2, -0.15) is 0 Å². The minimum atomic E-state index is 0.751. The van der Waals surface area contributed by atoms with E-state index < -0.39 is 0 Å². The SMILES string of the molecule is COc1cc(OC)c(CCCCCCN)c(OC)c1. The molecule has 0 atom stereocenters. The van der Waals surface area contributed by atoms with Crippen LogP contribution in [0.4, 0.5) is 0 Å². The van der Waals surface area contributed by atoms with E-state index in [-0.39, 0.29) is 0 Å². The first-order valence-corrected chi connectivity index (χ1v) is 6.75. The third kappa shape index (κ3) is 4.63. The molecular weight excluding hydrogens is 242 g/mol. The molecule has 0 bridgehead atoms. The summed E-state index contributed by atoms with van der Waals surface area (Å²) in [6.07, 6.45) is 5.50. The van der Waals surface area contributed by atoms with Crippen molar-refractivity contribution in [3.05, 3.63) is 17.7 Å². The minimum absolute atomic E-state index is 0.751. The first-order valence-electron chi connectivity index (χ1n) is 6.75. The lowest BCUT2D eigenvalue weighted by atomic mass is 10.0.